The third-order valence-corrected chi connectivity index (χ3v) is 12.5. The van der Waals surface area contributed by atoms with Crippen molar-refractivity contribution in [3.05, 3.63) is 117 Å². The zero-order valence-corrected chi connectivity index (χ0v) is 39.6. The third-order valence-electron chi connectivity index (χ3n) is 12.5. The Morgan fingerprint density at radius 1 is 0.686 bits per heavy atom. The predicted molar refractivity (Wildman–Crippen MR) is 252 cm³/mol. The Kier molecular flexibility index (Phi) is 18.4. The molecule has 4 aromatic carbocycles. The van der Waals surface area contributed by atoms with E-state index in [4.69, 9.17) is 42.8 Å². The highest BCUT2D eigenvalue weighted by Gasteiger charge is 2.43. The van der Waals surface area contributed by atoms with E-state index in [2.05, 4.69) is 33.6 Å². The van der Waals surface area contributed by atoms with E-state index in [1.54, 1.807) is 30.0 Å². The quantitative estimate of drug-likeness (QED) is 0.0597. The van der Waals surface area contributed by atoms with Crippen LogP contribution in [0.3, 0.4) is 0 Å². The second kappa shape index (κ2) is 25.4. The molecule has 4 aromatic rings. The number of phenolic OH excluding ortho intramolecular Hbond substituents is 2. The monoisotopic (exact) mass is 969 g/mol. The summed E-state index contributed by atoms with van der Waals surface area (Å²) in [5.41, 5.74) is 7.50. The lowest BCUT2D eigenvalue weighted by molar-refractivity contribution is -0.259. The van der Waals surface area contributed by atoms with Gasteiger partial charge in [-0.25, -0.2) is 4.90 Å². The van der Waals surface area contributed by atoms with Crippen LogP contribution in [-0.2, 0) is 59.6 Å². The predicted octanol–water partition coefficient (Wildman–Crippen LogP) is 4.20. The lowest BCUT2D eigenvalue weighted by Crippen LogP contribution is -2.47. The zero-order valence-electron chi connectivity index (χ0n) is 39.6. The van der Waals surface area contributed by atoms with Crippen molar-refractivity contribution in [2.45, 2.75) is 45.8 Å². The Morgan fingerprint density at radius 3 is 2.03 bits per heavy atom. The molecule has 0 bridgehead atoms. The Bertz CT molecular complexity index is 2380. The standard InChI is InChI=1S/C51H63N5O14/c1-36-42(57)31-43(58)47(48(36)68-35-37-6-3-2-4-7-37)50(60)55-33-39-11-10-38(30-40(39)34-55)32-54-15-13-53(14-16-54)17-19-62-20-21-63-22-23-64-24-25-65-26-27-66-28-29-67-44-9-5-8-41-46(44)51(61)56(49(41)59)45-12-18-69-52-70-45/h2-11,30-31,45,52,57-58H,12-29,32-35H2,1H3. The third kappa shape index (κ3) is 13.2. The molecule has 4 aliphatic heterocycles. The van der Waals surface area contributed by atoms with Crippen LogP contribution in [0.4, 0.5) is 0 Å². The molecule has 8 rings (SSSR count). The number of hydrogen-bond donors (Lipinski definition) is 3. The van der Waals surface area contributed by atoms with Crippen molar-refractivity contribution in [3.63, 3.8) is 0 Å². The number of fused-ring (bicyclic) bond motifs is 2. The molecule has 2 saturated heterocycles. The molecule has 0 aromatic heterocycles. The Balaban J connectivity index is 0.617. The number of amides is 3. The van der Waals surface area contributed by atoms with Crippen LogP contribution in [0.2, 0.25) is 0 Å². The summed E-state index contributed by atoms with van der Waals surface area (Å²) >= 11 is 0. The molecule has 376 valence electrons. The van der Waals surface area contributed by atoms with Gasteiger partial charge >= 0.3 is 0 Å². The molecule has 0 aliphatic carbocycles. The largest absolute Gasteiger partial charge is 0.507 e. The molecule has 19 nitrogen and oxygen atoms in total. The minimum absolute atomic E-state index is 0.0584. The molecule has 0 saturated carbocycles. The fourth-order valence-electron chi connectivity index (χ4n) is 8.70. The summed E-state index contributed by atoms with van der Waals surface area (Å²) in [6.45, 7) is 13.2. The molecule has 3 N–H and O–H groups in total. The second-order valence-electron chi connectivity index (χ2n) is 17.3. The van der Waals surface area contributed by atoms with Crippen LogP contribution in [0.5, 0.6) is 23.0 Å². The van der Waals surface area contributed by atoms with E-state index >= 15 is 0 Å². The molecular weight excluding hydrogens is 907 g/mol. The van der Waals surface area contributed by atoms with Gasteiger partial charge < -0.3 is 48.3 Å². The van der Waals surface area contributed by atoms with Crippen LogP contribution >= 0.6 is 0 Å². The van der Waals surface area contributed by atoms with Gasteiger partial charge in [-0.2, -0.15) is 0 Å². The minimum atomic E-state index is -0.763. The summed E-state index contributed by atoms with van der Waals surface area (Å²) in [7, 11) is 0. The summed E-state index contributed by atoms with van der Waals surface area (Å²) in [6.07, 6.45) is -0.406. The fourth-order valence-corrected chi connectivity index (χ4v) is 8.70. The fraction of sp³-hybridized carbons (Fsp3) is 0.471. The van der Waals surface area contributed by atoms with Crippen LogP contribution < -0.4 is 15.1 Å². The van der Waals surface area contributed by atoms with Crippen molar-refractivity contribution in [2.75, 3.05) is 112 Å². The lowest BCUT2D eigenvalue weighted by Gasteiger charge is -2.34. The van der Waals surface area contributed by atoms with E-state index in [1.165, 1.54) is 11.6 Å². The molecule has 2 fully saturated rings. The van der Waals surface area contributed by atoms with Gasteiger partial charge in [-0.3, -0.25) is 33.9 Å². The van der Waals surface area contributed by atoms with Gasteiger partial charge in [0.05, 0.1) is 83.8 Å². The van der Waals surface area contributed by atoms with E-state index in [0.29, 0.717) is 96.9 Å². The summed E-state index contributed by atoms with van der Waals surface area (Å²) in [5.74, 6) is -1.18. The average molecular weight is 970 g/mol. The summed E-state index contributed by atoms with van der Waals surface area (Å²) in [6, 6.07) is 22.1. The van der Waals surface area contributed by atoms with E-state index < -0.39 is 18.0 Å². The minimum Gasteiger partial charge on any atom is -0.507 e. The summed E-state index contributed by atoms with van der Waals surface area (Å²) < 4.78 is 40.1. The Hall–Kier alpha value is -5.71. The van der Waals surface area contributed by atoms with Gasteiger partial charge in [-0.15, -0.1) is 0 Å². The number of benzene rings is 4. The first kappa shape index (κ1) is 50.7. The molecule has 4 heterocycles. The van der Waals surface area contributed by atoms with Crippen molar-refractivity contribution in [1.82, 2.24) is 25.2 Å². The second-order valence-corrected chi connectivity index (χ2v) is 17.3. The first-order chi connectivity index (χ1) is 34.2. The smallest absolute Gasteiger partial charge is 0.267 e. The van der Waals surface area contributed by atoms with Crippen LogP contribution in [0.15, 0.2) is 72.8 Å². The summed E-state index contributed by atoms with van der Waals surface area (Å²) in [5, 5.41) is 21.3. The number of aromatic hydroxyl groups is 2. The molecule has 1 atom stereocenters. The normalized spacial score (nSPS) is 17.3. The molecular formula is C51H63N5O14. The number of hydrogen-bond acceptors (Lipinski definition) is 17. The first-order valence-corrected chi connectivity index (χ1v) is 23.9. The van der Waals surface area contributed by atoms with Gasteiger partial charge in [0.25, 0.3) is 17.7 Å². The maximum absolute atomic E-state index is 13.9. The van der Waals surface area contributed by atoms with Crippen molar-refractivity contribution in [2.24, 2.45) is 0 Å². The van der Waals surface area contributed by atoms with Gasteiger partial charge in [-0.1, -0.05) is 60.2 Å². The van der Waals surface area contributed by atoms with Gasteiger partial charge in [0.1, 0.15) is 41.8 Å². The Morgan fingerprint density at radius 2 is 1.34 bits per heavy atom. The van der Waals surface area contributed by atoms with Gasteiger partial charge in [0.15, 0.2) is 6.23 Å². The number of phenols is 2. The van der Waals surface area contributed by atoms with Crippen molar-refractivity contribution in [3.8, 4) is 23.0 Å². The van der Waals surface area contributed by atoms with Gasteiger partial charge in [0, 0.05) is 70.4 Å². The van der Waals surface area contributed by atoms with Gasteiger partial charge in [0.2, 0.25) is 0 Å². The zero-order chi connectivity index (χ0) is 48.7. The maximum atomic E-state index is 13.9. The number of carbonyl (C=O) groups is 3. The highest BCUT2D eigenvalue weighted by atomic mass is 16.9. The molecule has 3 amide bonds. The molecule has 0 spiro atoms. The topological polar surface area (TPSA) is 200 Å². The van der Waals surface area contributed by atoms with Gasteiger partial charge in [-0.05, 0) is 41.3 Å². The first-order valence-electron chi connectivity index (χ1n) is 23.9. The molecule has 0 radical (unpaired) electrons. The van der Waals surface area contributed by atoms with E-state index in [0.717, 1.165) is 60.9 Å². The highest BCUT2D eigenvalue weighted by Crippen LogP contribution is 2.40. The summed E-state index contributed by atoms with van der Waals surface area (Å²) in [4.78, 5) is 57.7. The average Bonchev–Trinajstić information content (AvgIpc) is 3.92. The van der Waals surface area contributed by atoms with Crippen LogP contribution in [0.1, 0.15) is 65.3 Å². The molecule has 70 heavy (non-hydrogen) atoms. The van der Waals surface area contributed by atoms with Crippen LogP contribution in [0, 0.1) is 6.92 Å². The van der Waals surface area contributed by atoms with E-state index in [9.17, 15) is 24.6 Å². The number of imide groups is 1. The van der Waals surface area contributed by atoms with Crippen molar-refractivity contribution < 1.29 is 67.4 Å². The maximum Gasteiger partial charge on any atom is 0.267 e. The van der Waals surface area contributed by atoms with E-state index in [-0.39, 0.29) is 59.7 Å². The Labute approximate surface area is 407 Å². The lowest BCUT2D eigenvalue weighted by atomic mass is 10.1. The highest BCUT2D eigenvalue weighted by molar-refractivity contribution is 6.22. The van der Waals surface area contributed by atoms with Crippen molar-refractivity contribution >= 4 is 17.7 Å². The van der Waals surface area contributed by atoms with E-state index in [1.807, 2.05) is 30.3 Å². The van der Waals surface area contributed by atoms with Crippen LogP contribution in [-0.4, -0.2) is 166 Å². The van der Waals surface area contributed by atoms with Crippen molar-refractivity contribution in [1.29, 1.82) is 0 Å². The number of carbonyl (C=O) groups excluding carboxylic acids is 3. The molecule has 19 heteroatoms. The number of piperazine rings is 1. The SMILES string of the molecule is Cc1c(O)cc(O)c(C(=O)N2Cc3ccc(CN4CCN(CCOCCOCCOCCOCCOCCOc5cccc6c5C(=O)N(C5CCONO5)C6=O)CC4)cc3C2)c1OCc1ccccc1. The number of nitrogens with one attached hydrogen (secondary N) is 1. The molecule has 4 aliphatic rings. The molecule has 1 unspecified atom stereocenters. The number of nitrogens with zero attached hydrogens (tertiary/aromatic N) is 4. The van der Waals surface area contributed by atoms with Crippen LogP contribution in [0.25, 0.3) is 0 Å². The number of rotatable bonds is 26. The number of ether oxygens (including phenoxy) is 7.